The van der Waals surface area contributed by atoms with E-state index < -0.39 is 34.8 Å². The van der Waals surface area contributed by atoms with Crippen LogP contribution in [0.5, 0.6) is 11.5 Å². The van der Waals surface area contributed by atoms with E-state index in [1.807, 2.05) is 100.0 Å². The second-order valence-corrected chi connectivity index (χ2v) is 21.5. The lowest BCUT2D eigenvalue weighted by atomic mass is 10.0. The van der Waals surface area contributed by atoms with Gasteiger partial charge in [0, 0.05) is 32.7 Å². The molecule has 0 radical (unpaired) electrons. The molecule has 15 nitrogen and oxygen atoms in total. The van der Waals surface area contributed by atoms with Crippen LogP contribution in [0.3, 0.4) is 0 Å². The predicted octanol–water partition coefficient (Wildman–Crippen LogP) is 9.98. The van der Waals surface area contributed by atoms with Crippen LogP contribution in [-0.2, 0) is 67.5 Å². The third kappa shape index (κ3) is 16.9. The summed E-state index contributed by atoms with van der Waals surface area (Å²) in [5.74, 6) is -0.496. The van der Waals surface area contributed by atoms with Gasteiger partial charge in [0.25, 0.3) is 5.91 Å². The molecule has 406 valence electrons. The number of esters is 1. The summed E-state index contributed by atoms with van der Waals surface area (Å²) in [5, 5.41) is 9.23. The maximum Gasteiger partial charge on any atom is 0.350 e. The number of carbonyl (C=O) groups is 4. The molecule has 1 atom stereocenters. The van der Waals surface area contributed by atoms with Crippen molar-refractivity contribution in [3.63, 3.8) is 0 Å². The first kappa shape index (κ1) is 59.2. The summed E-state index contributed by atoms with van der Waals surface area (Å²) in [7, 11) is 3.23. The van der Waals surface area contributed by atoms with Crippen LogP contribution in [0.15, 0.2) is 95.9 Å². The van der Waals surface area contributed by atoms with Gasteiger partial charge in [-0.2, -0.15) is 0 Å². The Morgan fingerprint density at radius 2 is 1.09 bits per heavy atom. The van der Waals surface area contributed by atoms with Gasteiger partial charge in [-0.15, -0.1) is 0 Å². The maximum absolute atomic E-state index is 13.4. The molecule has 1 aromatic heterocycles. The van der Waals surface area contributed by atoms with Crippen LogP contribution < -0.4 is 15.2 Å². The number of rotatable bonds is 24. The highest BCUT2D eigenvalue weighted by atomic mass is 16.6. The zero-order valence-corrected chi connectivity index (χ0v) is 46.5. The van der Waals surface area contributed by atoms with Crippen molar-refractivity contribution >= 4 is 23.9 Å². The van der Waals surface area contributed by atoms with Gasteiger partial charge in [-0.05, 0) is 183 Å². The topological polar surface area (TPSA) is 168 Å². The minimum atomic E-state index is -1.28. The second-order valence-electron chi connectivity index (χ2n) is 21.5. The largest absolute Gasteiger partial charge is 0.478 e. The number of imide groups is 1. The average molecular weight is 1030 g/mol. The van der Waals surface area contributed by atoms with Gasteiger partial charge < -0.3 is 33.7 Å². The lowest BCUT2D eigenvalue weighted by Gasteiger charge is -2.29. The number of amides is 3. The Morgan fingerprint density at radius 3 is 1.60 bits per heavy atom. The van der Waals surface area contributed by atoms with E-state index in [1.165, 1.54) is 35.4 Å². The molecule has 1 unspecified atom stereocenters. The Hall–Kier alpha value is -6.71. The summed E-state index contributed by atoms with van der Waals surface area (Å²) < 4.78 is 31.0. The minimum absolute atomic E-state index is 0.0159. The molecule has 0 spiro atoms. The first-order valence-electron chi connectivity index (χ1n) is 25.9. The fraction of sp³-hybridized carbons (Fsp3) is 0.483. The number of benzene rings is 4. The quantitative estimate of drug-likeness (QED) is 0.0461. The third-order valence-corrected chi connectivity index (χ3v) is 13.3. The number of ether oxygens (including phenoxy) is 5. The van der Waals surface area contributed by atoms with Crippen molar-refractivity contribution < 1.29 is 48.0 Å². The molecule has 2 heterocycles. The molecule has 0 aliphatic carbocycles. The van der Waals surface area contributed by atoms with Crippen molar-refractivity contribution in [2.24, 2.45) is 0 Å². The van der Waals surface area contributed by atoms with Crippen LogP contribution >= 0.6 is 0 Å². The van der Waals surface area contributed by atoms with Gasteiger partial charge in [0.05, 0.1) is 32.8 Å². The van der Waals surface area contributed by atoms with E-state index in [9.17, 15) is 29.1 Å². The molecule has 3 amide bonds. The van der Waals surface area contributed by atoms with Gasteiger partial charge in [0.15, 0.2) is 11.2 Å². The molecule has 6 rings (SSSR count). The molecule has 5 aromatic rings. The van der Waals surface area contributed by atoms with Crippen LogP contribution in [0.25, 0.3) is 0 Å². The number of hydrogen-bond donors (Lipinski definition) is 1. The van der Waals surface area contributed by atoms with E-state index >= 15 is 0 Å². The van der Waals surface area contributed by atoms with Gasteiger partial charge in [0.2, 0.25) is 0 Å². The lowest BCUT2D eigenvalue weighted by Crippen LogP contribution is -2.43. The van der Waals surface area contributed by atoms with Crippen LogP contribution in [0.2, 0.25) is 0 Å². The summed E-state index contributed by atoms with van der Waals surface area (Å²) in [6.07, 6.45) is 6.48. The van der Waals surface area contributed by atoms with E-state index in [-0.39, 0.29) is 24.2 Å². The molecule has 75 heavy (non-hydrogen) atoms. The Kier molecular flexibility index (Phi) is 20.6. The van der Waals surface area contributed by atoms with Gasteiger partial charge in [0.1, 0.15) is 23.1 Å². The number of carbonyl (C=O) groups excluding carboxylic acids is 3. The fourth-order valence-electron chi connectivity index (χ4n) is 8.56. The monoisotopic (exact) mass is 1030 g/mol. The molecule has 1 N–H and O–H groups in total. The zero-order valence-electron chi connectivity index (χ0n) is 46.5. The van der Waals surface area contributed by atoms with E-state index in [2.05, 4.69) is 32.0 Å². The van der Waals surface area contributed by atoms with Crippen molar-refractivity contribution in [3.05, 3.63) is 152 Å². The smallest absolute Gasteiger partial charge is 0.350 e. The van der Waals surface area contributed by atoms with Gasteiger partial charge in [-0.1, -0.05) is 60.7 Å². The van der Waals surface area contributed by atoms with Crippen LogP contribution in [0.1, 0.15) is 118 Å². The SMILES string of the molecule is COCCN1C(=O)N(Cc2ccc(C)c(C)c2)C(=O)C1CCCc1ccc(OC(C)(C)C(=O)OC(C)(C)C)cc1.COCCn1c(CCCc2ccc(OC(C)(C)C(=O)O)cc2)cn(Cc2ccc(C)c(C)c2)c1=O. The number of urea groups is 1. The third-order valence-electron chi connectivity index (χ3n) is 13.3. The van der Waals surface area contributed by atoms with E-state index in [1.54, 1.807) is 49.7 Å². The second kappa shape index (κ2) is 26.2. The molecular weight excluding hydrogens is 953 g/mol. The average Bonchev–Trinajstić information content (AvgIpc) is 3.75. The molecule has 1 aliphatic heterocycles. The summed E-state index contributed by atoms with van der Waals surface area (Å²) >= 11 is 0. The molecule has 4 aromatic carbocycles. The summed E-state index contributed by atoms with van der Waals surface area (Å²) in [4.78, 5) is 66.5. The fourth-order valence-corrected chi connectivity index (χ4v) is 8.56. The number of aliphatic carboxylic acids is 1. The molecular formula is C60H80N4O11. The van der Waals surface area contributed by atoms with Gasteiger partial charge in [-0.25, -0.2) is 19.2 Å². The first-order chi connectivity index (χ1) is 35.3. The highest BCUT2D eigenvalue weighted by Gasteiger charge is 2.44. The Bertz CT molecular complexity index is 2780. The normalized spacial score (nSPS) is 14.0. The van der Waals surface area contributed by atoms with Crippen molar-refractivity contribution in [2.75, 3.05) is 34.0 Å². The van der Waals surface area contributed by atoms with Crippen LogP contribution in [0.4, 0.5) is 4.79 Å². The van der Waals surface area contributed by atoms with Gasteiger partial charge in [-0.3, -0.25) is 18.8 Å². The number of carboxylic acid groups (broad SMARTS) is 1. The highest BCUT2D eigenvalue weighted by molar-refractivity contribution is 6.04. The predicted molar refractivity (Wildman–Crippen MR) is 291 cm³/mol. The summed E-state index contributed by atoms with van der Waals surface area (Å²) in [5.41, 5.74) is 7.01. The van der Waals surface area contributed by atoms with Crippen molar-refractivity contribution in [1.29, 1.82) is 0 Å². The number of nitrogens with zero attached hydrogens (tertiary/aromatic N) is 4. The number of methoxy groups -OCH3 is 2. The first-order valence-corrected chi connectivity index (χ1v) is 25.9. The minimum Gasteiger partial charge on any atom is -0.478 e. The standard InChI is InChI=1S/C32H44N2O6.C28H36N2O5/c1-22-12-13-25(20-23(22)2)21-34-28(35)27(33(30(34)37)18-19-38-8)11-9-10-24-14-16-26(17-15-24)39-32(6,7)29(36)40-31(3,4)5;1-20-9-10-23(17-21(20)2)18-29-19-24(30(27(29)33)15-16-34-5)8-6-7-22-11-13-25(14-12-22)35-28(3,4)26(31)32/h12-17,20,27H,9-11,18-19,21H2,1-8H3;9-14,17,19H,6-8,15-16,18H2,1-5H3,(H,31,32). The van der Waals surface area contributed by atoms with Crippen molar-refractivity contribution in [1.82, 2.24) is 18.9 Å². The molecule has 1 fully saturated rings. The molecule has 0 bridgehead atoms. The van der Waals surface area contributed by atoms with E-state index in [0.29, 0.717) is 50.8 Å². The number of imidazole rings is 1. The number of aromatic nitrogens is 2. The summed E-state index contributed by atoms with van der Waals surface area (Å²) in [6.45, 7) is 22.7. The number of hydrogen-bond acceptors (Lipinski definition) is 10. The number of carboxylic acids is 1. The molecule has 15 heteroatoms. The Labute approximate surface area is 443 Å². The zero-order chi connectivity index (χ0) is 55.3. The van der Waals surface area contributed by atoms with Crippen LogP contribution in [0, 0.1) is 27.7 Å². The summed E-state index contributed by atoms with van der Waals surface area (Å²) in [6, 6.07) is 26.6. The van der Waals surface area contributed by atoms with E-state index in [0.717, 1.165) is 65.6 Å². The molecule has 1 aliphatic rings. The lowest BCUT2D eigenvalue weighted by molar-refractivity contribution is -0.171. The van der Waals surface area contributed by atoms with Gasteiger partial charge >= 0.3 is 23.7 Å². The number of aryl methyl sites for hydroxylation is 7. The molecule has 0 saturated carbocycles. The Balaban J connectivity index is 0.000000280. The molecule has 1 saturated heterocycles. The maximum atomic E-state index is 13.4. The Morgan fingerprint density at radius 1 is 0.600 bits per heavy atom. The van der Waals surface area contributed by atoms with Crippen LogP contribution in [-0.4, -0.2) is 105 Å². The highest BCUT2D eigenvalue weighted by Crippen LogP contribution is 2.27. The van der Waals surface area contributed by atoms with Crippen molar-refractivity contribution in [2.45, 2.75) is 157 Å². The van der Waals surface area contributed by atoms with E-state index in [4.69, 9.17) is 23.7 Å². The van der Waals surface area contributed by atoms with Crippen molar-refractivity contribution in [3.8, 4) is 11.5 Å².